The molecular formula is C21H30N4O. The van der Waals surface area contributed by atoms with E-state index in [-0.39, 0.29) is 23.2 Å². The van der Waals surface area contributed by atoms with Crippen molar-refractivity contribution in [3.05, 3.63) is 42.1 Å². The lowest BCUT2D eigenvalue weighted by atomic mass is 9.80. The van der Waals surface area contributed by atoms with E-state index in [0.29, 0.717) is 6.54 Å². The first-order valence-corrected chi connectivity index (χ1v) is 9.40. The van der Waals surface area contributed by atoms with Crippen LogP contribution >= 0.6 is 0 Å². The van der Waals surface area contributed by atoms with Gasteiger partial charge in [-0.1, -0.05) is 12.1 Å². The number of rotatable bonds is 4. The molecule has 1 aromatic heterocycles. The Hall–Kier alpha value is -2.14. The molecule has 26 heavy (non-hydrogen) atoms. The number of urea groups is 1. The van der Waals surface area contributed by atoms with Crippen molar-refractivity contribution in [3.8, 4) is 0 Å². The summed E-state index contributed by atoms with van der Waals surface area (Å²) in [5.74, 6) is 0. The molecule has 2 heterocycles. The second kappa shape index (κ2) is 7.23. The summed E-state index contributed by atoms with van der Waals surface area (Å²) in [6.07, 6.45) is 4.47. The number of carbonyl (C=O) groups excluding carboxylic acids is 1. The highest BCUT2D eigenvalue weighted by Crippen LogP contribution is 2.28. The van der Waals surface area contributed by atoms with Crippen molar-refractivity contribution >= 4 is 16.9 Å². The van der Waals surface area contributed by atoms with Crippen molar-refractivity contribution in [1.29, 1.82) is 0 Å². The minimum Gasteiger partial charge on any atom is -0.338 e. The second-order valence-corrected chi connectivity index (χ2v) is 8.68. The largest absolute Gasteiger partial charge is 0.338 e. The van der Waals surface area contributed by atoms with E-state index in [1.54, 1.807) is 6.20 Å². The molecule has 0 bridgehead atoms. The molecule has 0 aliphatic carbocycles. The standard InChI is InChI=1S/C21H30N4O/c1-20(2)13-17(14-21(3,4)25-20)24-19(26)23-11-9-15-7-8-18-16(12-15)6-5-10-22-18/h5-8,10,12,17,25H,9,11,13-14H2,1-4H3,(H2,23,24,26). The van der Waals surface area contributed by atoms with Crippen LogP contribution in [0.4, 0.5) is 4.79 Å². The molecule has 0 saturated carbocycles. The molecule has 5 nitrogen and oxygen atoms in total. The van der Waals surface area contributed by atoms with Crippen molar-refractivity contribution in [2.75, 3.05) is 6.54 Å². The Balaban J connectivity index is 1.49. The molecule has 140 valence electrons. The summed E-state index contributed by atoms with van der Waals surface area (Å²) in [6, 6.07) is 10.4. The first-order valence-electron chi connectivity index (χ1n) is 9.40. The zero-order chi connectivity index (χ0) is 18.8. The third kappa shape index (κ3) is 4.94. The van der Waals surface area contributed by atoms with E-state index >= 15 is 0 Å². The minimum atomic E-state index is -0.0778. The fraction of sp³-hybridized carbons (Fsp3) is 0.524. The highest BCUT2D eigenvalue weighted by Gasteiger charge is 2.38. The van der Waals surface area contributed by atoms with Gasteiger partial charge in [0.25, 0.3) is 0 Å². The summed E-state index contributed by atoms with van der Waals surface area (Å²) in [4.78, 5) is 16.6. The first kappa shape index (κ1) is 18.6. The van der Waals surface area contributed by atoms with Crippen LogP contribution in [0.15, 0.2) is 36.5 Å². The van der Waals surface area contributed by atoms with Gasteiger partial charge >= 0.3 is 6.03 Å². The van der Waals surface area contributed by atoms with Crippen molar-refractivity contribution < 1.29 is 4.79 Å². The zero-order valence-corrected chi connectivity index (χ0v) is 16.2. The molecule has 1 aliphatic rings. The van der Waals surface area contributed by atoms with Gasteiger partial charge in [-0.05, 0) is 70.7 Å². The number of hydrogen-bond donors (Lipinski definition) is 3. The fourth-order valence-corrected chi connectivity index (χ4v) is 4.26. The minimum absolute atomic E-state index is 0.0266. The van der Waals surface area contributed by atoms with E-state index in [9.17, 15) is 4.79 Å². The molecule has 0 unspecified atom stereocenters. The van der Waals surface area contributed by atoms with Gasteiger partial charge in [-0.25, -0.2) is 4.79 Å². The molecule has 1 fully saturated rings. The molecule has 3 N–H and O–H groups in total. The maximum Gasteiger partial charge on any atom is 0.315 e. The molecule has 2 aromatic rings. The number of piperidine rings is 1. The Labute approximate surface area is 156 Å². The number of aromatic nitrogens is 1. The molecule has 0 radical (unpaired) electrons. The average molecular weight is 354 g/mol. The molecule has 5 heteroatoms. The van der Waals surface area contributed by atoms with Crippen molar-refractivity contribution in [2.24, 2.45) is 0 Å². The van der Waals surface area contributed by atoms with Gasteiger partial charge in [0, 0.05) is 35.2 Å². The lowest BCUT2D eigenvalue weighted by Gasteiger charge is -2.46. The second-order valence-electron chi connectivity index (χ2n) is 8.68. The van der Waals surface area contributed by atoms with Gasteiger partial charge in [0.05, 0.1) is 5.52 Å². The molecule has 0 spiro atoms. The van der Waals surface area contributed by atoms with E-state index in [1.165, 1.54) is 5.56 Å². The molecule has 1 aliphatic heterocycles. The summed E-state index contributed by atoms with van der Waals surface area (Å²) in [5.41, 5.74) is 2.26. The van der Waals surface area contributed by atoms with Crippen LogP contribution in [0.2, 0.25) is 0 Å². The summed E-state index contributed by atoms with van der Waals surface area (Å²) in [6.45, 7) is 9.38. The van der Waals surface area contributed by atoms with Gasteiger partial charge in [-0.15, -0.1) is 0 Å². The summed E-state index contributed by atoms with van der Waals surface area (Å²) in [5, 5.41) is 10.9. The van der Waals surface area contributed by atoms with Crippen LogP contribution in [-0.4, -0.2) is 34.7 Å². The SMILES string of the molecule is CC1(C)CC(NC(=O)NCCc2ccc3ncccc3c2)CC(C)(C)N1. The monoisotopic (exact) mass is 354 g/mol. The summed E-state index contributed by atoms with van der Waals surface area (Å²) < 4.78 is 0. The number of nitrogens with one attached hydrogen (secondary N) is 3. The van der Waals surface area contributed by atoms with Crippen LogP contribution in [0.3, 0.4) is 0 Å². The normalized spacial score (nSPS) is 19.2. The number of benzene rings is 1. The maximum absolute atomic E-state index is 12.3. The summed E-state index contributed by atoms with van der Waals surface area (Å²) in [7, 11) is 0. The average Bonchev–Trinajstić information content (AvgIpc) is 2.51. The Bertz CT molecular complexity index is 768. The van der Waals surface area contributed by atoms with Crippen LogP contribution in [0.1, 0.15) is 46.1 Å². The topological polar surface area (TPSA) is 66.0 Å². The number of nitrogens with zero attached hydrogens (tertiary/aromatic N) is 1. The first-order chi connectivity index (χ1) is 12.2. The summed E-state index contributed by atoms with van der Waals surface area (Å²) >= 11 is 0. The molecule has 3 rings (SSSR count). The van der Waals surface area contributed by atoms with Crippen LogP contribution in [0.25, 0.3) is 10.9 Å². The highest BCUT2D eigenvalue weighted by atomic mass is 16.2. The van der Waals surface area contributed by atoms with E-state index < -0.39 is 0 Å². The Morgan fingerprint density at radius 1 is 1.19 bits per heavy atom. The van der Waals surface area contributed by atoms with Gasteiger partial charge in [0.1, 0.15) is 0 Å². The van der Waals surface area contributed by atoms with Crippen molar-refractivity contribution in [3.63, 3.8) is 0 Å². The predicted octanol–water partition coefficient (Wildman–Crippen LogP) is 3.39. The Morgan fingerprint density at radius 2 is 1.92 bits per heavy atom. The van der Waals surface area contributed by atoms with E-state index in [0.717, 1.165) is 30.2 Å². The van der Waals surface area contributed by atoms with Crippen LogP contribution in [0.5, 0.6) is 0 Å². The lowest BCUT2D eigenvalue weighted by Crippen LogP contribution is -2.62. The molecule has 0 atom stereocenters. The van der Waals surface area contributed by atoms with Gasteiger partial charge in [0.2, 0.25) is 0 Å². The van der Waals surface area contributed by atoms with Crippen molar-refractivity contribution in [2.45, 2.75) is 64.1 Å². The third-order valence-electron chi connectivity index (χ3n) is 4.89. The van der Waals surface area contributed by atoms with Crippen molar-refractivity contribution in [1.82, 2.24) is 20.9 Å². The van der Waals surface area contributed by atoms with Crippen LogP contribution in [-0.2, 0) is 6.42 Å². The van der Waals surface area contributed by atoms with Gasteiger partial charge in [0.15, 0.2) is 0 Å². The lowest BCUT2D eigenvalue weighted by molar-refractivity contribution is 0.147. The molecule has 2 amide bonds. The predicted molar refractivity (Wildman–Crippen MR) is 106 cm³/mol. The van der Waals surface area contributed by atoms with E-state index in [4.69, 9.17) is 0 Å². The molecular weight excluding hydrogens is 324 g/mol. The fourth-order valence-electron chi connectivity index (χ4n) is 4.26. The highest BCUT2D eigenvalue weighted by molar-refractivity contribution is 5.79. The maximum atomic E-state index is 12.3. The number of pyridine rings is 1. The van der Waals surface area contributed by atoms with Gasteiger partial charge in [-0.2, -0.15) is 0 Å². The van der Waals surface area contributed by atoms with Crippen LogP contribution < -0.4 is 16.0 Å². The van der Waals surface area contributed by atoms with Crippen LogP contribution in [0, 0.1) is 0 Å². The van der Waals surface area contributed by atoms with E-state index in [1.807, 2.05) is 12.1 Å². The van der Waals surface area contributed by atoms with E-state index in [2.05, 4.69) is 66.8 Å². The zero-order valence-electron chi connectivity index (χ0n) is 16.2. The Kier molecular flexibility index (Phi) is 5.19. The smallest absolute Gasteiger partial charge is 0.315 e. The van der Waals surface area contributed by atoms with Gasteiger partial charge in [-0.3, -0.25) is 4.98 Å². The van der Waals surface area contributed by atoms with Gasteiger partial charge < -0.3 is 16.0 Å². The third-order valence-corrected chi connectivity index (χ3v) is 4.89. The molecule has 1 aromatic carbocycles. The number of amides is 2. The number of carbonyl (C=O) groups is 1. The number of fused-ring (bicyclic) bond motifs is 1. The molecule has 1 saturated heterocycles. The Morgan fingerprint density at radius 3 is 2.65 bits per heavy atom. The number of hydrogen-bond acceptors (Lipinski definition) is 3. The quantitative estimate of drug-likeness (QED) is 0.788.